The predicted molar refractivity (Wildman–Crippen MR) is 165 cm³/mol. The van der Waals surface area contributed by atoms with E-state index >= 15 is 0 Å². The second-order valence-corrected chi connectivity index (χ2v) is 9.71. The van der Waals surface area contributed by atoms with Gasteiger partial charge in [-0.05, 0) is 77.0 Å². The minimum absolute atomic E-state index is 0.291. The largest absolute Gasteiger partial charge is 0.404 e. The summed E-state index contributed by atoms with van der Waals surface area (Å²) in [5.41, 5.74) is 11.1. The molecule has 0 aliphatic rings. The van der Waals surface area contributed by atoms with Crippen molar-refractivity contribution >= 4 is 80.4 Å². The number of allylic oxidation sites excluding steroid dienone is 2. The number of halogens is 1. The third-order valence-electron chi connectivity index (χ3n) is 5.58. The summed E-state index contributed by atoms with van der Waals surface area (Å²) in [5, 5.41) is 19.5. The molecule has 0 saturated heterocycles. The van der Waals surface area contributed by atoms with Gasteiger partial charge in [0.15, 0.2) is 5.82 Å². The zero-order valence-electron chi connectivity index (χ0n) is 19.9. The Balaban J connectivity index is 1.64. The topological polar surface area (TPSA) is 121 Å². The van der Waals surface area contributed by atoms with Gasteiger partial charge in [0.05, 0.1) is 23.2 Å². The number of rotatable bonds is 9. The second-order valence-electron chi connectivity index (χ2n) is 7.84. The molecule has 5 N–H and O–H groups in total. The van der Waals surface area contributed by atoms with Crippen molar-refractivity contribution < 1.29 is 4.79 Å². The van der Waals surface area contributed by atoms with Crippen molar-refractivity contribution in [2.75, 3.05) is 10.6 Å². The summed E-state index contributed by atoms with van der Waals surface area (Å²) in [6, 6.07) is 23.3. The van der Waals surface area contributed by atoms with Crippen molar-refractivity contribution in [3.8, 4) is 5.69 Å². The minimum atomic E-state index is -0.334. The maximum Gasteiger partial charge on any atom is 0.256 e. The van der Waals surface area contributed by atoms with E-state index in [2.05, 4.69) is 37.4 Å². The fourth-order valence-electron chi connectivity index (χ4n) is 3.74. The van der Waals surface area contributed by atoms with E-state index in [1.165, 1.54) is 0 Å². The Morgan fingerprint density at radius 3 is 2.59 bits per heavy atom. The monoisotopic (exact) mass is 621 g/mol. The maximum absolute atomic E-state index is 12.4. The molecular formula is C27H25IN7OP. The highest BCUT2D eigenvalue weighted by atomic mass is 127. The first-order valence-corrected chi connectivity index (χ1v) is 15.4. The quantitative estimate of drug-likeness (QED) is 0.0727. The van der Waals surface area contributed by atoms with Crippen molar-refractivity contribution in [3.05, 3.63) is 96.2 Å². The Labute approximate surface area is 229 Å². The molecule has 8 nitrogen and oxygen atoms in total. The summed E-state index contributed by atoms with van der Waals surface area (Å²) >= 11 is 2.21. The summed E-state index contributed by atoms with van der Waals surface area (Å²) in [5.74, 6) is 0.374. The van der Waals surface area contributed by atoms with Crippen LogP contribution in [0.5, 0.6) is 0 Å². The van der Waals surface area contributed by atoms with Crippen LogP contribution in [0.25, 0.3) is 22.2 Å². The van der Waals surface area contributed by atoms with Crippen molar-refractivity contribution in [2.45, 2.75) is 6.92 Å². The molecule has 1 unspecified atom stereocenters. The molecule has 0 fully saturated rings. The number of anilines is 3. The zero-order valence-corrected chi connectivity index (χ0v) is 23.1. The van der Waals surface area contributed by atoms with Gasteiger partial charge in [0.25, 0.3) is 5.91 Å². The number of nitrogens with one attached hydrogen (secondary N) is 3. The van der Waals surface area contributed by atoms with E-state index in [0.29, 0.717) is 23.5 Å². The van der Waals surface area contributed by atoms with E-state index in [4.69, 9.17) is 16.2 Å². The first-order chi connectivity index (χ1) is 18.1. The van der Waals surface area contributed by atoms with Gasteiger partial charge in [-0.2, -0.15) is 0 Å². The predicted octanol–water partition coefficient (Wildman–Crippen LogP) is 6.62. The average molecular weight is 621 g/mol. The van der Waals surface area contributed by atoms with Crippen molar-refractivity contribution in [2.24, 2.45) is 10.5 Å². The van der Waals surface area contributed by atoms with Crippen LogP contribution >= 0.6 is 28.4 Å². The number of amides is 1. The Hall–Kier alpha value is -3.82. The number of fused-ring (bicyclic) bond motifs is 1. The zero-order chi connectivity index (χ0) is 26.2. The molecule has 4 rings (SSSR count). The lowest BCUT2D eigenvalue weighted by Gasteiger charge is -2.09. The van der Waals surface area contributed by atoms with Crippen LogP contribution in [0.15, 0.2) is 95.4 Å². The standard InChI is InChI=1S/C27H25IN7OP/c1-2-18(15-29)27(36)33-22-6-5-7-23(14-22)35-25-9-4-3-8-24(25)26(34-35)32-21-12-10-19(11-13-21)20(16-30)17-31-37-28/h2-17,29,37H,30H2,1H3,(H,32,34)(H,33,36)/b18-2+,20-16+,29-15?,31-17+. The summed E-state index contributed by atoms with van der Waals surface area (Å²) in [6.07, 6.45) is 6.42. The van der Waals surface area contributed by atoms with Crippen LogP contribution < -0.4 is 16.4 Å². The van der Waals surface area contributed by atoms with Gasteiger partial charge in [-0.25, -0.2) is 4.68 Å². The van der Waals surface area contributed by atoms with Crippen molar-refractivity contribution in [1.29, 1.82) is 5.41 Å². The number of benzene rings is 3. The number of hydrogen-bond donors (Lipinski definition) is 4. The first-order valence-electron chi connectivity index (χ1n) is 11.3. The normalized spacial score (nSPS) is 12.5. The van der Waals surface area contributed by atoms with Gasteiger partial charge in [-0.3, -0.25) is 9.56 Å². The van der Waals surface area contributed by atoms with Crippen LogP contribution in [-0.2, 0) is 4.79 Å². The molecule has 1 atom stereocenters. The molecule has 1 heterocycles. The molecule has 10 heteroatoms. The van der Waals surface area contributed by atoms with Gasteiger partial charge in [-0.1, -0.05) is 36.4 Å². The fourth-order valence-corrected chi connectivity index (χ4v) is 4.35. The number of carbonyl (C=O) groups is 1. The molecule has 1 aromatic heterocycles. The smallest absolute Gasteiger partial charge is 0.256 e. The van der Waals surface area contributed by atoms with Gasteiger partial charge in [0, 0.05) is 41.0 Å². The lowest BCUT2D eigenvalue weighted by atomic mass is 10.1. The number of nitrogens with zero attached hydrogens (tertiary/aromatic N) is 3. The SMILES string of the molecule is C/C=C(\C=N)C(=O)Nc1cccc(-n2nc(Nc3ccc(C(=C/N)/C=N/PI)cc3)c3ccccc32)c1. The van der Waals surface area contributed by atoms with Gasteiger partial charge < -0.3 is 21.8 Å². The molecule has 1 amide bonds. The number of carbonyl (C=O) groups excluding carboxylic acids is 1. The highest BCUT2D eigenvalue weighted by Crippen LogP contribution is 2.29. The van der Waals surface area contributed by atoms with E-state index in [1.807, 2.05) is 71.4 Å². The number of hydrogen-bond acceptors (Lipinski definition) is 6. The maximum atomic E-state index is 12.4. The number of para-hydroxylation sites is 1. The van der Waals surface area contributed by atoms with Gasteiger partial charge in [0.1, 0.15) is 0 Å². The van der Waals surface area contributed by atoms with Crippen molar-refractivity contribution in [3.63, 3.8) is 0 Å². The molecule has 0 spiro atoms. The van der Waals surface area contributed by atoms with Crippen LogP contribution in [0.2, 0.25) is 0 Å². The Morgan fingerprint density at radius 1 is 1.11 bits per heavy atom. The molecule has 0 aliphatic heterocycles. The minimum Gasteiger partial charge on any atom is -0.404 e. The highest BCUT2D eigenvalue weighted by Gasteiger charge is 2.13. The molecule has 0 radical (unpaired) electrons. The van der Waals surface area contributed by atoms with Crippen LogP contribution in [0.1, 0.15) is 12.5 Å². The van der Waals surface area contributed by atoms with Crippen molar-refractivity contribution in [1.82, 2.24) is 9.78 Å². The molecule has 186 valence electrons. The lowest BCUT2D eigenvalue weighted by molar-refractivity contribution is -0.112. The second kappa shape index (κ2) is 12.4. The van der Waals surface area contributed by atoms with E-state index in [1.54, 1.807) is 31.5 Å². The third kappa shape index (κ3) is 6.12. The van der Waals surface area contributed by atoms with Crippen LogP contribution in [0, 0.1) is 5.41 Å². The number of nitrogens with two attached hydrogens (primary N) is 1. The lowest BCUT2D eigenvalue weighted by Crippen LogP contribution is -2.15. The average Bonchev–Trinajstić information content (AvgIpc) is 3.29. The molecule has 0 bridgehead atoms. The van der Waals surface area contributed by atoms with Crippen LogP contribution in [-0.4, -0.2) is 28.1 Å². The van der Waals surface area contributed by atoms with E-state index in [0.717, 1.165) is 39.6 Å². The molecule has 4 aromatic rings. The molecular weight excluding hydrogens is 596 g/mol. The Kier molecular flexibility index (Phi) is 8.81. The van der Waals surface area contributed by atoms with E-state index in [9.17, 15) is 4.79 Å². The summed E-state index contributed by atoms with van der Waals surface area (Å²) in [7, 11) is 0. The highest BCUT2D eigenvalue weighted by molar-refractivity contribution is 14.2. The van der Waals surface area contributed by atoms with Gasteiger partial charge >= 0.3 is 0 Å². The molecule has 0 aliphatic carbocycles. The molecule has 3 aromatic carbocycles. The van der Waals surface area contributed by atoms with Gasteiger partial charge in [-0.15, -0.1) is 5.10 Å². The summed E-state index contributed by atoms with van der Waals surface area (Å²) in [6.45, 7) is 1.73. The Bertz CT molecular complexity index is 1520. The fraction of sp³-hybridized carbons (Fsp3) is 0.0370. The molecule has 0 saturated carbocycles. The van der Waals surface area contributed by atoms with E-state index in [-0.39, 0.29) is 5.91 Å². The van der Waals surface area contributed by atoms with Crippen LogP contribution in [0.3, 0.4) is 0 Å². The van der Waals surface area contributed by atoms with E-state index < -0.39 is 0 Å². The number of aromatic nitrogens is 2. The van der Waals surface area contributed by atoms with Gasteiger partial charge in [0.2, 0.25) is 0 Å². The summed E-state index contributed by atoms with van der Waals surface area (Å²) < 4.78 is 6.13. The Morgan fingerprint density at radius 2 is 1.89 bits per heavy atom. The summed E-state index contributed by atoms with van der Waals surface area (Å²) in [4.78, 5) is 12.4. The third-order valence-corrected chi connectivity index (χ3v) is 6.64. The molecule has 37 heavy (non-hydrogen) atoms. The van der Waals surface area contributed by atoms with Crippen LogP contribution in [0.4, 0.5) is 17.2 Å². The first kappa shape index (κ1) is 26.2.